The molecule has 4 rings (SSSR count). The van der Waals surface area contributed by atoms with Gasteiger partial charge in [-0.1, -0.05) is 35.9 Å². The van der Waals surface area contributed by atoms with E-state index in [0.717, 1.165) is 27.9 Å². The number of anilines is 1. The monoisotopic (exact) mass is 400 g/mol. The van der Waals surface area contributed by atoms with Crippen molar-refractivity contribution < 1.29 is 9.18 Å². The van der Waals surface area contributed by atoms with E-state index in [2.05, 4.69) is 15.4 Å². The van der Waals surface area contributed by atoms with E-state index in [0.29, 0.717) is 11.5 Å². The molecule has 6 heteroatoms. The molecule has 0 unspecified atom stereocenters. The number of carbonyl (C=O) groups excluding carboxylic acids is 1. The Morgan fingerprint density at radius 2 is 1.70 bits per heavy atom. The van der Waals surface area contributed by atoms with Gasteiger partial charge in [-0.05, 0) is 68.3 Å². The molecule has 0 aliphatic heterocycles. The smallest absolute Gasteiger partial charge is 0.295 e. The zero-order valence-corrected chi connectivity index (χ0v) is 17.0. The second-order valence-corrected chi connectivity index (χ2v) is 7.22. The third-order valence-corrected chi connectivity index (χ3v) is 4.99. The number of rotatable bonds is 4. The van der Waals surface area contributed by atoms with Gasteiger partial charge >= 0.3 is 0 Å². The Labute approximate surface area is 174 Å². The minimum absolute atomic E-state index is 0.0386. The quantitative estimate of drug-likeness (QED) is 0.509. The van der Waals surface area contributed by atoms with Crippen LogP contribution < -0.4 is 5.32 Å². The summed E-state index contributed by atoms with van der Waals surface area (Å²) in [5.41, 5.74) is 5.46. The third-order valence-electron chi connectivity index (χ3n) is 4.99. The summed E-state index contributed by atoms with van der Waals surface area (Å²) in [7, 11) is 0. The van der Waals surface area contributed by atoms with E-state index in [1.54, 1.807) is 4.68 Å². The molecule has 4 aromatic rings. The van der Waals surface area contributed by atoms with Gasteiger partial charge in [-0.3, -0.25) is 4.79 Å². The molecule has 1 heterocycles. The molecular formula is C24H21FN4O. The van der Waals surface area contributed by atoms with Gasteiger partial charge in [0.2, 0.25) is 5.82 Å². The molecule has 0 aliphatic rings. The number of aromatic nitrogens is 3. The molecule has 0 aliphatic carbocycles. The number of carbonyl (C=O) groups is 1. The number of amides is 1. The second-order valence-electron chi connectivity index (χ2n) is 7.22. The topological polar surface area (TPSA) is 59.8 Å². The van der Waals surface area contributed by atoms with Gasteiger partial charge in [0.05, 0.1) is 5.69 Å². The molecule has 0 fully saturated rings. The number of halogens is 1. The van der Waals surface area contributed by atoms with Crippen molar-refractivity contribution in [2.45, 2.75) is 20.8 Å². The number of aryl methyl sites for hydroxylation is 2. The van der Waals surface area contributed by atoms with Crippen LogP contribution in [0, 0.1) is 26.6 Å². The molecule has 30 heavy (non-hydrogen) atoms. The van der Waals surface area contributed by atoms with E-state index < -0.39 is 5.91 Å². The lowest BCUT2D eigenvalue weighted by Crippen LogP contribution is -2.14. The molecule has 0 radical (unpaired) electrons. The summed E-state index contributed by atoms with van der Waals surface area (Å²) >= 11 is 0. The van der Waals surface area contributed by atoms with Gasteiger partial charge in [0.15, 0.2) is 5.82 Å². The molecule has 3 aromatic carbocycles. The first-order chi connectivity index (χ1) is 14.4. The molecule has 1 aromatic heterocycles. The maximum absolute atomic E-state index is 13.1. The fourth-order valence-corrected chi connectivity index (χ4v) is 3.23. The highest BCUT2D eigenvalue weighted by Crippen LogP contribution is 2.25. The molecular weight excluding hydrogens is 379 g/mol. The number of hydrogen-bond donors (Lipinski definition) is 1. The highest BCUT2D eigenvalue weighted by Gasteiger charge is 2.20. The molecule has 1 N–H and O–H groups in total. The van der Waals surface area contributed by atoms with Crippen molar-refractivity contribution in [1.82, 2.24) is 14.8 Å². The zero-order valence-electron chi connectivity index (χ0n) is 17.0. The standard InChI is InChI=1S/C24H21FN4O/c1-15-6-4-8-18(14-15)23-27-22(24(30)26-20-12-10-19(25)11-13-20)28-29(23)21-9-5-7-16(2)17(21)3/h4-14H,1-3H3,(H,26,30). The van der Waals surface area contributed by atoms with Crippen molar-refractivity contribution in [1.29, 1.82) is 0 Å². The normalized spacial score (nSPS) is 10.8. The van der Waals surface area contributed by atoms with Gasteiger partial charge in [0.1, 0.15) is 5.82 Å². The zero-order chi connectivity index (χ0) is 21.3. The van der Waals surface area contributed by atoms with Crippen LogP contribution in [0.15, 0.2) is 66.7 Å². The molecule has 150 valence electrons. The predicted molar refractivity (Wildman–Crippen MR) is 115 cm³/mol. The largest absolute Gasteiger partial charge is 0.319 e. The lowest BCUT2D eigenvalue weighted by atomic mass is 10.1. The Hall–Kier alpha value is -3.80. The van der Waals surface area contributed by atoms with Crippen molar-refractivity contribution in [2.24, 2.45) is 0 Å². The highest BCUT2D eigenvalue weighted by atomic mass is 19.1. The van der Waals surface area contributed by atoms with Crippen LogP contribution in [0.4, 0.5) is 10.1 Å². The average Bonchev–Trinajstić information content (AvgIpc) is 3.17. The van der Waals surface area contributed by atoms with E-state index in [-0.39, 0.29) is 11.6 Å². The first kappa shape index (κ1) is 19.5. The average molecular weight is 400 g/mol. The molecule has 0 saturated heterocycles. The summed E-state index contributed by atoms with van der Waals surface area (Å²) in [6.45, 7) is 6.05. The third kappa shape index (κ3) is 3.85. The fraction of sp³-hybridized carbons (Fsp3) is 0.125. The van der Waals surface area contributed by atoms with Gasteiger partial charge in [0, 0.05) is 11.3 Å². The Morgan fingerprint density at radius 3 is 2.43 bits per heavy atom. The van der Waals surface area contributed by atoms with E-state index >= 15 is 0 Å². The number of benzene rings is 3. The summed E-state index contributed by atoms with van der Waals surface area (Å²) < 4.78 is 14.8. The van der Waals surface area contributed by atoms with Gasteiger partial charge in [-0.2, -0.15) is 0 Å². The molecule has 0 saturated carbocycles. The Kier molecular flexibility index (Phi) is 5.14. The Morgan fingerprint density at radius 1 is 0.967 bits per heavy atom. The molecule has 0 atom stereocenters. The Balaban J connectivity index is 1.80. The van der Waals surface area contributed by atoms with E-state index in [1.165, 1.54) is 24.3 Å². The predicted octanol–water partition coefficient (Wildman–Crippen LogP) is 5.25. The van der Waals surface area contributed by atoms with Crippen LogP contribution in [0.25, 0.3) is 17.1 Å². The van der Waals surface area contributed by atoms with Crippen molar-refractivity contribution >= 4 is 11.6 Å². The summed E-state index contributed by atoms with van der Waals surface area (Å²) in [5, 5.41) is 7.24. The van der Waals surface area contributed by atoms with E-state index in [9.17, 15) is 9.18 Å². The molecule has 0 spiro atoms. The lowest BCUT2D eigenvalue weighted by molar-refractivity contribution is 0.101. The first-order valence-corrected chi connectivity index (χ1v) is 9.60. The maximum atomic E-state index is 13.1. The first-order valence-electron chi connectivity index (χ1n) is 9.60. The van der Waals surface area contributed by atoms with E-state index in [4.69, 9.17) is 0 Å². The number of nitrogens with one attached hydrogen (secondary N) is 1. The fourth-order valence-electron chi connectivity index (χ4n) is 3.23. The number of nitrogens with zero attached hydrogens (tertiary/aromatic N) is 3. The van der Waals surface area contributed by atoms with Crippen molar-refractivity contribution in [3.63, 3.8) is 0 Å². The minimum atomic E-state index is -0.459. The van der Waals surface area contributed by atoms with E-state index in [1.807, 2.05) is 63.2 Å². The van der Waals surface area contributed by atoms with Crippen LogP contribution in [-0.4, -0.2) is 20.7 Å². The van der Waals surface area contributed by atoms with Gasteiger partial charge in [-0.25, -0.2) is 14.1 Å². The SMILES string of the molecule is Cc1cccc(-c2nc(C(=O)Nc3ccc(F)cc3)nn2-c2cccc(C)c2C)c1. The van der Waals surface area contributed by atoms with Crippen LogP contribution in [-0.2, 0) is 0 Å². The maximum Gasteiger partial charge on any atom is 0.295 e. The van der Waals surface area contributed by atoms with Crippen LogP contribution in [0.5, 0.6) is 0 Å². The van der Waals surface area contributed by atoms with Crippen LogP contribution in [0.1, 0.15) is 27.3 Å². The second kappa shape index (κ2) is 7.91. The lowest BCUT2D eigenvalue weighted by Gasteiger charge is -2.11. The minimum Gasteiger partial charge on any atom is -0.319 e. The Bertz CT molecular complexity index is 1230. The van der Waals surface area contributed by atoms with Crippen LogP contribution >= 0.6 is 0 Å². The molecule has 0 bridgehead atoms. The van der Waals surface area contributed by atoms with Crippen molar-refractivity contribution in [3.05, 3.63) is 95.1 Å². The van der Waals surface area contributed by atoms with Gasteiger partial charge in [0.25, 0.3) is 5.91 Å². The van der Waals surface area contributed by atoms with Gasteiger partial charge in [-0.15, -0.1) is 5.10 Å². The molecule has 5 nitrogen and oxygen atoms in total. The number of hydrogen-bond acceptors (Lipinski definition) is 3. The highest BCUT2D eigenvalue weighted by molar-refractivity contribution is 6.01. The summed E-state index contributed by atoms with van der Waals surface area (Å²) in [5.74, 6) is -0.208. The van der Waals surface area contributed by atoms with Crippen molar-refractivity contribution in [2.75, 3.05) is 5.32 Å². The molecule has 1 amide bonds. The van der Waals surface area contributed by atoms with Crippen LogP contribution in [0.3, 0.4) is 0 Å². The summed E-state index contributed by atoms with van der Waals surface area (Å²) in [6, 6.07) is 19.4. The van der Waals surface area contributed by atoms with Crippen molar-refractivity contribution in [3.8, 4) is 17.1 Å². The van der Waals surface area contributed by atoms with Gasteiger partial charge < -0.3 is 5.32 Å². The van der Waals surface area contributed by atoms with Crippen LogP contribution in [0.2, 0.25) is 0 Å². The summed E-state index contributed by atoms with van der Waals surface area (Å²) in [6.07, 6.45) is 0. The summed E-state index contributed by atoms with van der Waals surface area (Å²) in [4.78, 5) is 17.4.